The zero-order valence-corrected chi connectivity index (χ0v) is 12.6. The van der Waals surface area contributed by atoms with Crippen LogP contribution in [0.15, 0.2) is 41.1 Å². The topological polar surface area (TPSA) is 49.8 Å². The molecule has 0 amide bonds. The summed E-state index contributed by atoms with van der Waals surface area (Å²) < 4.78 is 1.08. The number of halogens is 1. The second kappa shape index (κ2) is 6.52. The molecule has 0 spiro atoms. The van der Waals surface area contributed by atoms with Crippen LogP contribution in [0.25, 0.3) is 0 Å². The Morgan fingerprint density at radius 1 is 1.16 bits per heavy atom. The third-order valence-corrected chi connectivity index (χ3v) is 2.96. The Kier molecular flexibility index (Phi) is 4.74. The van der Waals surface area contributed by atoms with Crippen molar-refractivity contribution in [2.75, 3.05) is 10.6 Å². The highest BCUT2D eigenvalue weighted by Gasteiger charge is 2.00. The maximum atomic E-state index is 4.21. The molecule has 0 aliphatic heterocycles. The number of hydrogen-bond acceptors (Lipinski definition) is 4. The molecule has 0 aliphatic rings. The summed E-state index contributed by atoms with van der Waals surface area (Å²) in [6.45, 7) is 4.89. The van der Waals surface area contributed by atoms with Crippen LogP contribution in [0, 0.1) is 0 Å². The van der Waals surface area contributed by atoms with E-state index in [1.165, 1.54) is 5.56 Å². The Hall–Kier alpha value is -1.62. The molecule has 2 rings (SSSR count). The molecule has 19 heavy (non-hydrogen) atoms. The molecule has 0 radical (unpaired) electrons. The number of nitrogens with one attached hydrogen (secondary N) is 2. The largest absolute Gasteiger partial charge is 0.368 e. The van der Waals surface area contributed by atoms with Crippen molar-refractivity contribution in [1.82, 2.24) is 9.97 Å². The molecule has 1 aromatic carbocycles. The lowest BCUT2D eigenvalue weighted by atomic mass is 10.2. The minimum Gasteiger partial charge on any atom is -0.368 e. The van der Waals surface area contributed by atoms with Gasteiger partial charge in [-0.05, 0) is 31.5 Å². The van der Waals surface area contributed by atoms with Crippen LogP contribution < -0.4 is 10.6 Å². The summed E-state index contributed by atoms with van der Waals surface area (Å²) in [5.74, 6) is 1.65. The molecular weight excluding hydrogens is 304 g/mol. The van der Waals surface area contributed by atoms with Crippen molar-refractivity contribution in [3.63, 3.8) is 0 Å². The van der Waals surface area contributed by atoms with E-state index in [0.717, 1.165) is 22.7 Å². The molecule has 1 heterocycles. The zero-order chi connectivity index (χ0) is 13.7. The van der Waals surface area contributed by atoms with Crippen molar-refractivity contribution in [2.24, 2.45) is 0 Å². The summed E-state index contributed by atoms with van der Waals surface area (Å²) in [5.41, 5.74) is 1.20. The van der Waals surface area contributed by atoms with Gasteiger partial charge in [-0.1, -0.05) is 28.1 Å². The van der Waals surface area contributed by atoms with Gasteiger partial charge in [0.05, 0.1) is 0 Å². The van der Waals surface area contributed by atoms with Gasteiger partial charge in [0.2, 0.25) is 0 Å². The summed E-state index contributed by atoms with van der Waals surface area (Å²) >= 11 is 3.46. The van der Waals surface area contributed by atoms with E-state index in [4.69, 9.17) is 0 Å². The van der Waals surface area contributed by atoms with Crippen molar-refractivity contribution in [1.29, 1.82) is 0 Å². The van der Waals surface area contributed by atoms with Gasteiger partial charge in [-0.15, -0.1) is 0 Å². The first-order valence-corrected chi connectivity index (χ1v) is 6.99. The van der Waals surface area contributed by atoms with Crippen molar-refractivity contribution < 1.29 is 0 Å². The molecule has 100 valence electrons. The highest BCUT2D eigenvalue weighted by Crippen LogP contribution is 2.14. The van der Waals surface area contributed by atoms with Gasteiger partial charge in [0.15, 0.2) is 0 Å². The lowest BCUT2D eigenvalue weighted by Gasteiger charge is -2.10. The van der Waals surface area contributed by atoms with Crippen LogP contribution in [0.4, 0.5) is 11.6 Å². The SMILES string of the molecule is CC(C)Nc1cc(NCc2cccc(Br)c2)ncn1. The van der Waals surface area contributed by atoms with E-state index < -0.39 is 0 Å². The summed E-state index contributed by atoms with van der Waals surface area (Å²) in [5, 5.41) is 6.54. The standard InChI is InChI=1S/C14H17BrN4/c1-10(2)19-14-7-13(17-9-18-14)16-8-11-4-3-5-12(15)6-11/h3-7,9-10H,8H2,1-2H3,(H2,16,17,18,19). The molecular formula is C14H17BrN4. The van der Waals surface area contributed by atoms with Gasteiger partial charge < -0.3 is 10.6 Å². The van der Waals surface area contributed by atoms with Crippen molar-refractivity contribution in [3.8, 4) is 0 Å². The number of benzene rings is 1. The van der Waals surface area contributed by atoms with E-state index >= 15 is 0 Å². The molecule has 0 saturated heterocycles. The number of hydrogen-bond donors (Lipinski definition) is 2. The normalized spacial score (nSPS) is 10.5. The summed E-state index contributed by atoms with van der Waals surface area (Å²) in [6.07, 6.45) is 1.56. The maximum Gasteiger partial charge on any atom is 0.131 e. The van der Waals surface area contributed by atoms with Crippen molar-refractivity contribution in [3.05, 3.63) is 46.7 Å². The maximum absolute atomic E-state index is 4.21. The monoisotopic (exact) mass is 320 g/mol. The molecule has 2 aromatic rings. The van der Waals surface area contributed by atoms with Crippen molar-refractivity contribution >= 4 is 27.6 Å². The molecule has 0 unspecified atom stereocenters. The average Bonchev–Trinajstić information content (AvgIpc) is 2.36. The van der Waals surface area contributed by atoms with Gasteiger partial charge in [0.1, 0.15) is 18.0 Å². The van der Waals surface area contributed by atoms with Crippen LogP contribution in [0.5, 0.6) is 0 Å². The van der Waals surface area contributed by atoms with E-state index in [9.17, 15) is 0 Å². The van der Waals surface area contributed by atoms with Crippen LogP contribution in [-0.4, -0.2) is 16.0 Å². The Morgan fingerprint density at radius 3 is 2.68 bits per heavy atom. The van der Waals surface area contributed by atoms with Gasteiger partial charge in [-0.3, -0.25) is 0 Å². The predicted molar refractivity (Wildman–Crippen MR) is 82.3 cm³/mol. The smallest absolute Gasteiger partial charge is 0.131 e. The number of rotatable bonds is 5. The van der Waals surface area contributed by atoms with Gasteiger partial charge in [0.25, 0.3) is 0 Å². The van der Waals surface area contributed by atoms with E-state index in [-0.39, 0.29) is 0 Å². The minimum absolute atomic E-state index is 0.354. The Bertz CT molecular complexity index is 542. The molecule has 0 atom stereocenters. The quantitative estimate of drug-likeness (QED) is 0.882. The van der Waals surface area contributed by atoms with Gasteiger partial charge in [0, 0.05) is 23.1 Å². The first-order valence-electron chi connectivity index (χ1n) is 6.20. The van der Waals surface area contributed by atoms with Gasteiger partial charge in [-0.2, -0.15) is 0 Å². The molecule has 0 aliphatic carbocycles. The predicted octanol–water partition coefficient (Wildman–Crippen LogP) is 3.67. The first-order chi connectivity index (χ1) is 9.13. The van der Waals surface area contributed by atoms with Crippen LogP contribution in [-0.2, 0) is 6.54 Å². The second-order valence-corrected chi connectivity index (χ2v) is 5.49. The van der Waals surface area contributed by atoms with E-state index in [1.807, 2.05) is 18.2 Å². The molecule has 0 fully saturated rings. The molecule has 5 heteroatoms. The number of nitrogens with zero attached hydrogens (tertiary/aromatic N) is 2. The number of anilines is 2. The molecule has 2 N–H and O–H groups in total. The fraction of sp³-hybridized carbons (Fsp3) is 0.286. The Morgan fingerprint density at radius 2 is 1.95 bits per heavy atom. The highest BCUT2D eigenvalue weighted by molar-refractivity contribution is 9.10. The Balaban J connectivity index is 1.99. The van der Waals surface area contributed by atoms with Gasteiger partial charge in [-0.25, -0.2) is 9.97 Å². The lowest BCUT2D eigenvalue weighted by Crippen LogP contribution is -2.11. The summed E-state index contributed by atoms with van der Waals surface area (Å²) in [4.78, 5) is 8.39. The van der Waals surface area contributed by atoms with E-state index in [1.54, 1.807) is 6.33 Å². The third-order valence-electron chi connectivity index (χ3n) is 2.47. The fourth-order valence-corrected chi connectivity index (χ4v) is 2.11. The summed E-state index contributed by atoms with van der Waals surface area (Å²) in [7, 11) is 0. The van der Waals surface area contributed by atoms with Crippen LogP contribution in [0.3, 0.4) is 0 Å². The average molecular weight is 321 g/mol. The molecule has 0 saturated carbocycles. The second-order valence-electron chi connectivity index (χ2n) is 4.57. The van der Waals surface area contributed by atoms with Crippen LogP contribution >= 0.6 is 15.9 Å². The molecule has 4 nitrogen and oxygen atoms in total. The molecule has 0 bridgehead atoms. The minimum atomic E-state index is 0.354. The zero-order valence-electron chi connectivity index (χ0n) is 11.0. The lowest BCUT2D eigenvalue weighted by molar-refractivity contribution is 0.886. The Labute approximate surface area is 121 Å². The van der Waals surface area contributed by atoms with E-state index in [2.05, 4.69) is 62.5 Å². The third kappa shape index (κ3) is 4.52. The first kappa shape index (κ1) is 13.8. The molecule has 1 aromatic heterocycles. The number of aromatic nitrogens is 2. The van der Waals surface area contributed by atoms with Crippen molar-refractivity contribution in [2.45, 2.75) is 26.4 Å². The van der Waals surface area contributed by atoms with Crippen LogP contribution in [0.1, 0.15) is 19.4 Å². The fourth-order valence-electron chi connectivity index (χ4n) is 1.67. The van der Waals surface area contributed by atoms with Gasteiger partial charge >= 0.3 is 0 Å². The highest BCUT2D eigenvalue weighted by atomic mass is 79.9. The summed E-state index contributed by atoms with van der Waals surface area (Å²) in [6, 6.07) is 10.5. The van der Waals surface area contributed by atoms with Crippen LogP contribution in [0.2, 0.25) is 0 Å². The van der Waals surface area contributed by atoms with E-state index in [0.29, 0.717) is 6.04 Å².